The van der Waals surface area contributed by atoms with E-state index >= 15 is 0 Å². The van der Waals surface area contributed by atoms with E-state index in [1.807, 2.05) is 30.3 Å². The minimum absolute atomic E-state index is 0.152. The summed E-state index contributed by atoms with van der Waals surface area (Å²) in [4.78, 5) is 9.00. The molecular weight excluding hydrogens is 1040 g/mol. The zero-order valence-corrected chi connectivity index (χ0v) is 46.8. The van der Waals surface area contributed by atoms with Crippen molar-refractivity contribution in [3.63, 3.8) is 0 Å². The van der Waals surface area contributed by atoms with Gasteiger partial charge in [-0.15, -0.1) is 0 Å². The molecule has 0 radical (unpaired) electrons. The number of benzene rings is 12. The number of fused-ring (bicyclic) bond motifs is 4. The fourth-order valence-electron chi connectivity index (χ4n) is 14.0. The van der Waals surface area contributed by atoms with Crippen molar-refractivity contribution in [3.8, 4) is 50.6 Å². The van der Waals surface area contributed by atoms with Gasteiger partial charge in [-0.25, -0.2) is 4.85 Å². The van der Waals surface area contributed by atoms with Crippen molar-refractivity contribution < 1.29 is 0 Å². The van der Waals surface area contributed by atoms with Gasteiger partial charge in [0, 0.05) is 28.4 Å². The lowest BCUT2D eigenvalue weighted by molar-refractivity contribution is 0.773. The molecule has 2 atom stereocenters. The summed E-state index contributed by atoms with van der Waals surface area (Å²) in [6.07, 6.45) is 18.4. The monoisotopic (exact) mass is 1090 g/mol. The van der Waals surface area contributed by atoms with Crippen LogP contribution in [0.3, 0.4) is 0 Å². The Morgan fingerprint density at radius 1 is 0.407 bits per heavy atom. The molecule has 2 unspecified atom stereocenters. The molecule has 16 rings (SSSR count). The van der Waals surface area contributed by atoms with Crippen molar-refractivity contribution in [3.05, 3.63) is 354 Å². The highest BCUT2D eigenvalue weighted by Crippen LogP contribution is 2.55. The van der Waals surface area contributed by atoms with Gasteiger partial charge in [0.05, 0.1) is 35.2 Å². The van der Waals surface area contributed by atoms with E-state index in [0.717, 1.165) is 111 Å². The van der Waals surface area contributed by atoms with E-state index in [1.165, 1.54) is 32.7 Å². The normalized spacial score (nSPS) is 15.6. The first-order valence-corrected chi connectivity index (χ1v) is 29.3. The molecule has 0 N–H and O–H groups in total. The Morgan fingerprint density at radius 3 is 1.50 bits per heavy atom. The lowest BCUT2D eigenvalue weighted by atomic mass is 9.67. The molecule has 0 fully saturated rings. The molecule has 0 saturated carbocycles. The summed E-state index contributed by atoms with van der Waals surface area (Å²) in [7, 11) is 0. The van der Waals surface area contributed by atoms with Crippen molar-refractivity contribution in [1.29, 1.82) is 5.26 Å². The number of allylic oxidation sites excluding steroid dienone is 10. The van der Waals surface area contributed by atoms with Gasteiger partial charge >= 0.3 is 0 Å². The predicted octanol–water partition coefficient (Wildman–Crippen LogP) is 21.5. The largest absolute Gasteiger partial charge is 0.329 e. The van der Waals surface area contributed by atoms with E-state index in [2.05, 4.69) is 294 Å². The fourth-order valence-corrected chi connectivity index (χ4v) is 14.0. The highest BCUT2D eigenvalue weighted by atomic mass is 15.2. The Hall–Kier alpha value is -11.6. The van der Waals surface area contributed by atoms with Gasteiger partial charge in [-0.05, 0) is 153 Å². The molecule has 400 valence electrons. The third-order valence-electron chi connectivity index (χ3n) is 17.9. The van der Waals surface area contributed by atoms with Crippen LogP contribution in [-0.4, -0.2) is 6.04 Å². The average Bonchev–Trinajstić information content (AvgIpc) is 0.969. The molecule has 0 saturated heterocycles. The highest BCUT2D eigenvalue weighted by molar-refractivity contribution is 6.06. The number of anilines is 4. The van der Waals surface area contributed by atoms with Crippen molar-refractivity contribution in [2.45, 2.75) is 6.04 Å². The quantitative estimate of drug-likeness (QED) is 0.128. The molecule has 0 aliphatic heterocycles. The van der Waals surface area contributed by atoms with E-state index in [-0.39, 0.29) is 12.0 Å². The van der Waals surface area contributed by atoms with Crippen LogP contribution in [0.25, 0.3) is 92.4 Å². The Labute approximate surface area is 500 Å². The standard InChI is InChI=1S/C82H52N4/c1-84-74-35-11-13-37-80(74)86(79-49-43-60(67-32-15-24-54-19-3-8-28-63(54)67)51-73(79)69-34-17-26-56-21-5-10-30-65(56)69)77-47-41-58-38-44-70-76(46-40-57-39-45-71(77)82(58)81(57)70)85(75-36-12-6-22-61(75)52-83)78-48-42-59(66-31-14-23-53-18-2-7-27-62(53)66)50-72(78)68-33-16-25-55-20-4-9-29-64(55)68/h2-51,76,82H. The SMILES string of the molecule is [C-]#[N+]c1ccccc1N(C1=C2C=CC3=C4C(=CC=C(C=C1)C24)C(N(c1ccccc1C#N)c1ccc(-c2cccc4ccccc24)cc1-c1cccc2ccccc12)C=C3)c1ccc(-c2cccc3ccccc23)cc1-c1cccc2ccccc12. The lowest BCUT2D eigenvalue weighted by Crippen LogP contribution is -2.38. The van der Waals surface area contributed by atoms with Gasteiger partial charge in [0.25, 0.3) is 0 Å². The highest BCUT2D eigenvalue weighted by Gasteiger charge is 2.41. The summed E-state index contributed by atoms with van der Waals surface area (Å²) in [6, 6.07) is 93.0. The molecule has 4 aliphatic carbocycles. The van der Waals surface area contributed by atoms with E-state index < -0.39 is 0 Å². The molecule has 0 bridgehead atoms. The van der Waals surface area contributed by atoms with Crippen LogP contribution in [-0.2, 0) is 0 Å². The summed E-state index contributed by atoms with van der Waals surface area (Å²) < 4.78 is 0. The number of para-hydroxylation sites is 3. The molecule has 86 heavy (non-hydrogen) atoms. The number of nitriles is 1. The van der Waals surface area contributed by atoms with Gasteiger partial charge in [0.15, 0.2) is 0 Å². The first kappa shape index (κ1) is 50.2. The third kappa shape index (κ3) is 8.19. The predicted molar refractivity (Wildman–Crippen MR) is 358 cm³/mol. The van der Waals surface area contributed by atoms with Gasteiger partial charge < -0.3 is 9.80 Å². The van der Waals surface area contributed by atoms with Gasteiger partial charge in [-0.2, -0.15) is 5.26 Å². The van der Waals surface area contributed by atoms with E-state index in [9.17, 15) is 5.26 Å². The summed E-state index contributed by atoms with van der Waals surface area (Å²) in [5.74, 6) is -0.152. The number of hydrogen-bond acceptors (Lipinski definition) is 3. The topological polar surface area (TPSA) is 34.6 Å². The molecule has 4 nitrogen and oxygen atoms in total. The molecule has 12 aromatic rings. The second kappa shape index (κ2) is 20.7. The van der Waals surface area contributed by atoms with E-state index in [4.69, 9.17) is 6.57 Å². The first-order valence-electron chi connectivity index (χ1n) is 29.3. The minimum atomic E-state index is -0.334. The van der Waals surface area contributed by atoms with Gasteiger partial charge in [-0.3, -0.25) is 0 Å². The van der Waals surface area contributed by atoms with Crippen molar-refractivity contribution in [1.82, 2.24) is 0 Å². The smallest absolute Gasteiger partial charge is 0.210 e. The van der Waals surface area contributed by atoms with Crippen LogP contribution in [0.15, 0.2) is 337 Å². The second-order valence-electron chi connectivity index (χ2n) is 22.4. The molecule has 4 heteroatoms. The Morgan fingerprint density at radius 2 is 0.907 bits per heavy atom. The fraction of sp³-hybridized carbons (Fsp3) is 0.0244. The molecule has 0 amide bonds. The summed E-state index contributed by atoms with van der Waals surface area (Å²) in [5, 5.41) is 20.5. The lowest BCUT2D eigenvalue weighted by Gasteiger charge is -2.44. The number of hydrogen-bond donors (Lipinski definition) is 0. The van der Waals surface area contributed by atoms with Gasteiger partial charge in [0.1, 0.15) is 6.07 Å². The summed E-state index contributed by atoms with van der Waals surface area (Å²) in [5.41, 5.74) is 20.5. The molecule has 0 heterocycles. The van der Waals surface area contributed by atoms with Crippen molar-refractivity contribution in [2.75, 3.05) is 9.80 Å². The zero-order chi connectivity index (χ0) is 57.2. The Bertz CT molecular complexity index is 5160. The molecule has 0 spiro atoms. The summed E-state index contributed by atoms with van der Waals surface area (Å²) in [6.45, 7) is 8.70. The zero-order valence-electron chi connectivity index (χ0n) is 46.8. The van der Waals surface area contributed by atoms with Crippen molar-refractivity contribution >= 4 is 71.5 Å². The Balaban J connectivity index is 0.894. The number of rotatable bonds is 10. The van der Waals surface area contributed by atoms with Gasteiger partial charge in [0.2, 0.25) is 5.69 Å². The van der Waals surface area contributed by atoms with Crippen LogP contribution in [0.5, 0.6) is 0 Å². The second-order valence-corrected chi connectivity index (χ2v) is 22.4. The van der Waals surface area contributed by atoms with E-state index in [1.54, 1.807) is 0 Å². The van der Waals surface area contributed by atoms with Crippen LogP contribution >= 0.6 is 0 Å². The maximum Gasteiger partial charge on any atom is 0.210 e. The van der Waals surface area contributed by atoms with Crippen molar-refractivity contribution in [2.24, 2.45) is 5.92 Å². The minimum Gasteiger partial charge on any atom is -0.329 e. The maximum atomic E-state index is 11.1. The molecular formula is C82H52N4. The van der Waals surface area contributed by atoms with E-state index in [0.29, 0.717) is 11.3 Å². The Kier molecular flexibility index (Phi) is 12.1. The molecule has 12 aromatic carbocycles. The maximum absolute atomic E-state index is 11.1. The number of nitrogens with zero attached hydrogens (tertiary/aromatic N) is 4. The van der Waals surface area contributed by atoms with Crippen LogP contribution in [0, 0.1) is 23.8 Å². The average molecular weight is 1090 g/mol. The van der Waals surface area contributed by atoms with Crippen LogP contribution in [0.2, 0.25) is 0 Å². The first-order chi connectivity index (χ1) is 42.6. The molecule has 4 aliphatic rings. The summed E-state index contributed by atoms with van der Waals surface area (Å²) >= 11 is 0. The van der Waals surface area contributed by atoms with Crippen LogP contribution in [0.1, 0.15) is 5.56 Å². The van der Waals surface area contributed by atoms with Crippen LogP contribution in [0.4, 0.5) is 28.4 Å². The molecule has 0 aromatic heterocycles. The third-order valence-corrected chi connectivity index (χ3v) is 17.9. The van der Waals surface area contributed by atoms with Gasteiger partial charge in [-0.1, -0.05) is 255 Å². The van der Waals surface area contributed by atoms with Crippen LogP contribution < -0.4 is 9.80 Å².